The van der Waals surface area contributed by atoms with Gasteiger partial charge >= 0.3 is 0 Å². The van der Waals surface area contributed by atoms with E-state index in [1.807, 2.05) is 0 Å². The lowest BCUT2D eigenvalue weighted by Gasteiger charge is -2.09. The first kappa shape index (κ1) is 17.4. The van der Waals surface area contributed by atoms with Crippen molar-refractivity contribution in [3.05, 3.63) is 6.07 Å². The summed E-state index contributed by atoms with van der Waals surface area (Å²) in [5.74, 6) is 0.383. The van der Waals surface area contributed by atoms with E-state index in [0.29, 0.717) is 13.0 Å². The third kappa shape index (κ3) is 6.58. The molecular weight excluding hydrogens is 296 g/mol. The summed E-state index contributed by atoms with van der Waals surface area (Å²) in [5.41, 5.74) is 0. The smallest absolute Gasteiger partial charge is 0.243 e. The molecule has 1 aromatic rings. The Bertz CT molecular complexity index is 514. The van der Waals surface area contributed by atoms with Crippen LogP contribution in [0.5, 0.6) is 11.8 Å². The van der Waals surface area contributed by atoms with Crippen LogP contribution in [0.2, 0.25) is 0 Å². The van der Waals surface area contributed by atoms with Gasteiger partial charge in [-0.1, -0.05) is 6.92 Å². The van der Waals surface area contributed by atoms with Gasteiger partial charge in [0.2, 0.25) is 27.7 Å². The van der Waals surface area contributed by atoms with Crippen LogP contribution in [0.4, 0.5) is 5.95 Å². The van der Waals surface area contributed by atoms with E-state index in [1.54, 1.807) is 0 Å². The Hall–Kier alpha value is -1.61. The van der Waals surface area contributed by atoms with Gasteiger partial charge in [0.1, 0.15) is 0 Å². The molecule has 0 atom stereocenters. The molecule has 0 aliphatic heterocycles. The lowest BCUT2D eigenvalue weighted by Crippen LogP contribution is -2.23. The van der Waals surface area contributed by atoms with Crippen LogP contribution in [-0.2, 0) is 10.0 Å². The van der Waals surface area contributed by atoms with Gasteiger partial charge in [0, 0.05) is 0 Å². The predicted molar refractivity (Wildman–Crippen MR) is 80.3 cm³/mol. The summed E-state index contributed by atoms with van der Waals surface area (Å²) in [4.78, 5) is 7.85. The molecule has 0 spiro atoms. The second kappa shape index (κ2) is 8.63. The molecule has 1 rings (SSSR count). The lowest BCUT2D eigenvalue weighted by atomic mass is 10.4. The predicted octanol–water partition coefficient (Wildman–Crippen LogP) is 0.625. The number of hydrogen-bond donors (Lipinski definition) is 2. The summed E-state index contributed by atoms with van der Waals surface area (Å²) in [7, 11) is -0.638. The topological polar surface area (TPSA) is 102 Å². The molecule has 0 saturated heterocycles. The van der Waals surface area contributed by atoms with Crippen LogP contribution in [0.25, 0.3) is 0 Å². The van der Waals surface area contributed by atoms with Crippen LogP contribution in [0, 0.1) is 0 Å². The SMILES string of the molecule is CCCNCCCS(=O)(=O)Nc1nc(OC)cc(OC)n1. The monoisotopic (exact) mass is 318 g/mol. The number of rotatable bonds is 10. The van der Waals surface area contributed by atoms with Crippen molar-refractivity contribution < 1.29 is 17.9 Å². The Kier molecular flexibility index (Phi) is 7.17. The molecule has 0 aromatic carbocycles. The van der Waals surface area contributed by atoms with Crippen LogP contribution >= 0.6 is 0 Å². The van der Waals surface area contributed by atoms with Gasteiger partial charge in [-0.25, -0.2) is 8.42 Å². The van der Waals surface area contributed by atoms with Crippen molar-refractivity contribution in [2.75, 3.05) is 37.8 Å². The highest BCUT2D eigenvalue weighted by molar-refractivity contribution is 7.92. The molecule has 120 valence electrons. The summed E-state index contributed by atoms with van der Waals surface area (Å²) in [5, 5.41) is 3.14. The number of hydrogen-bond acceptors (Lipinski definition) is 7. The summed E-state index contributed by atoms with van der Waals surface area (Å²) in [6.07, 6.45) is 1.53. The molecule has 8 nitrogen and oxygen atoms in total. The maximum Gasteiger partial charge on any atom is 0.243 e. The highest BCUT2D eigenvalue weighted by Gasteiger charge is 2.14. The fraction of sp³-hybridized carbons (Fsp3) is 0.667. The lowest BCUT2D eigenvalue weighted by molar-refractivity contribution is 0.373. The van der Waals surface area contributed by atoms with E-state index in [1.165, 1.54) is 20.3 Å². The number of ether oxygens (including phenoxy) is 2. The van der Waals surface area contributed by atoms with Crippen molar-refractivity contribution in [3.63, 3.8) is 0 Å². The van der Waals surface area contributed by atoms with Gasteiger partial charge in [-0.15, -0.1) is 0 Å². The molecule has 0 saturated carbocycles. The van der Waals surface area contributed by atoms with E-state index in [-0.39, 0.29) is 23.5 Å². The molecule has 9 heteroatoms. The van der Waals surface area contributed by atoms with Crippen molar-refractivity contribution in [1.29, 1.82) is 0 Å². The average Bonchev–Trinajstić information content (AvgIpc) is 2.46. The Morgan fingerprint density at radius 3 is 2.29 bits per heavy atom. The standard InChI is InChI=1S/C12H22N4O4S/c1-4-6-13-7-5-8-21(17,18)16-12-14-10(19-2)9-11(15-12)20-3/h9,13H,4-8H2,1-3H3,(H,14,15,16). The highest BCUT2D eigenvalue weighted by atomic mass is 32.2. The molecule has 0 aliphatic carbocycles. The normalized spacial score (nSPS) is 11.2. The minimum atomic E-state index is -3.50. The van der Waals surface area contributed by atoms with Gasteiger partial charge in [0.05, 0.1) is 26.0 Å². The molecule has 2 N–H and O–H groups in total. The maximum atomic E-state index is 11.9. The Morgan fingerprint density at radius 2 is 1.76 bits per heavy atom. The largest absolute Gasteiger partial charge is 0.481 e. The summed E-state index contributed by atoms with van der Waals surface area (Å²) >= 11 is 0. The number of sulfonamides is 1. The first-order valence-electron chi connectivity index (χ1n) is 6.69. The van der Waals surface area contributed by atoms with Crippen LogP contribution in [0.15, 0.2) is 6.07 Å². The van der Waals surface area contributed by atoms with E-state index in [0.717, 1.165) is 13.0 Å². The van der Waals surface area contributed by atoms with Gasteiger partial charge in [-0.05, 0) is 25.9 Å². The molecular formula is C12H22N4O4S. The zero-order chi connectivity index (χ0) is 15.7. The first-order valence-corrected chi connectivity index (χ1v) is 8.34. The van der Waals surface area contributed by atoms with Crippen LogP contribution in [0.3, 0.4) is 0 Å². The minimum absolute atomic E-state index is 0.00734. The second-order valence-electron chi connectivity index (χ2n) is 4.30. The third-order valence-electron chi connectivity index (χ3n) is 2.54. The number of nitrogens with one attached hydrogen (secondary N) is 2. The Labute approximate surface area is 125 Å². The molecule has 0 bridgehead atoms. The quantitative estimate of drug-likeness (QED) is 0.610. The molecule has 0 fully saturated rings. The average molecular weight is 318 g/mol. The fourth-order valence-electron chi connectivity index (χ4n) is 1.54. The molecule has 1 aromatic heterocycles. The molecule has 0 unspecified atom stereocenters. The van der Waals surface area contributed by atoms with E-state index in [9.17, 15) is 8.42 Å². The van der Waals surface area contributed by atoms with Gasteiger partial charge in [0.15, 0.2) is 0 Å². The molecule has 1 heterocycles. The van der Waals surface area contributed by atoms with E-state index < -0.39 is 10.0 Å². The Morgan fingerprint density at radius 1 is 1.14 bits per heavy atom. The highest BCUT2D eigenvalue weighted by Crippen LogP contribution is 2.18. The van der Waals surface area contributed by atoms with E-state index in [2.05, 4.69) is 26.9 Å². The molecule has 0 aliphatic rings. The van der Waals surface area contributed by atoms with Crippen LogP contribution < -0.4 is 19.5 Å². The van der Waals surface area contributed by atoms with Crippen molar-refractivity contribution in [2.45, 2.75) is 19.8 Å². The second-order valence-corrected chi connectivity index (χ2v) is 6.14. The number of anilines is 1. The van der Waals surface area contributed by atoms with Gasteiger partial charge in [-0.3, -0.25) is 4.72 Å². The van der Waals surface area contributed by atoms with Crippen molar-refractivity contribution in [2.24, 2.45) is 0 Å². The number of aromatic nitrogens is 2. The zero-order valence-electron chi connectivity index (χ0n) is 12.5. The van der Waals surface area contributed by atoms with E-state index in [4.69, 9.17) is 9.47 Å². The first-order chi connectivity index (χ1) is 10.0. The molecule has 0 amide bonds. The summed E-state index contributed by atoms with van der Waals surface area (Å²) in [6, 6.07) is 1.46. The third-order valence-corrected chi connectivity index (χ3v) is 3.86. The van der Waals surface area contributed by atoms with Crippen LogP contribution in [0.1, 0.15) is 19.8 Å². The molecule has 21 heavy (non-hydrogen) atoms. The minimum Gasteiger partial charge on any atom is -0.481 e. The summed E-state index contributed by atoms with van der Waals surface area (Å²) in [6.45, 7) is 3.58. The Balaban J connectivity index is 2.62. The van der Waals surface area contributed by atoms with Crippen molar-refractivity contribution in [1.82, 2.24) is 15.3 Å². The van der Waals surface area contributed by atoms with Crippen LogP contribution in [-0.4, -0.2) is 51.4 Å². The van der Waals surface area contributed by atoms with Crippen molar-refractivity contribution >= 4 is 16.0 Å². The zero-order valence-corrected chi connectivity index (χ0v) is 13.4. The fourth-order valence-corrected chi connectivity index (χ4v) is 2.53. The number of methoxy groups -OCH3 is 2. The van der Waals surface area contributed by atoms with Gasteiger partial charge in [0.25, 0.3) is 0 Å². The van der Waals surface area contributed by atoms with Gasteiger partial charge in [-0.2, -0.15) is 9.97 Å². The number of nitrogens with zero attached hydrogens (tertiary/aromatic N) is 2. The summed E-state index contributed by atoms with van der Waals surface area (Å²) < 4.78 is 36.1. The maximum absolute atomic E-state index is 11.9. The van der Waals surface area contributed by atoms with Gasteiger partial charge < -0.3 is 14.8 Å². The van der Waals surface area contributed by atoms with E-state index >= 15 is 0 Å². The molecule has 0 radical (unpaired) electrons. The van der Waals surface area contributed by atoms with Crippen molar-refractivity contribution in [3.8, 4) is 11.8 Å².